The van der Waals surface area contributed by atoms with Crippen molar-refractivity contribution in [3.8, 4) is 0 Å². The molecule has 1 rings (SSSR count). The normalized spacial score (nSPS) is 23.9. The number of hydrogen-bond donors (Lipinski definition) is 0. The highest BCUT2D eigenvalue weighted by Crippen LogP contribution is 2.38. The summed E-state index contributed by atoms with van der Waals surface area (Å²) in [7, 11) is 0. The van der Waals surface area contributed by atoms with Crippen molar-refractivity contribution in [2.75, 3.05) is 0 Å². The van der Waals surface area contributed by atoms with Gasteiger partial charge in [0.25, 0.3) is 0 Å². The highest BCUT2D eigenvalue weighted by Gasteiger charge is 2.34. The predicted octanol–water partition coefficient (Wildman–Crippen LogP) is 7.61. The van der Waals surface area contributed by atoms with Crippen molar-refractivity contribution in [2.24, 2.45) is 5.92 Å². The Bertz CT molecular complexity index is 370. The highest BCUT2D eigenvalue weighted by molar-refractivity contribution is 5.16. The van der Waals surface area contributed by atoms with Crippen LogP contribution in [0, 0.1) is 5.92 Å². The van der Waals surface area contributed by atoms with Crippen LogP contribution >= 0.6 is 0 Å². The van der Waals surface area contributed by atoms with Gasteiger partial charge in [0, 0.05) is 0 Å². The number of ether oxygens (including phenoxy) is 1. The molecule has 0 bridgehead atoms. The summed E-state index contributed by atoms with van der Waals surface area (Å²) in [5.41, 5.74) is 1.24. The second-order valence-corrected chi connectivity index (χ2v) is 8.21. The maximum absolute atomic E-state index is 6.36. The first kappa shape index (κ1) is 21.5. The summed E-state index contributed by atoms with van der Waals surface area (Å²) in [6.07, 6.45) is 20.4. The molecule has 140 valence electrons. The zero-order chi connectivity index (χ0) is 17.8. The largest absolute Gasteiger partial charge is 0.368 e. The lowest BCUT2D eigenvalue weighted by Crippen LogP contribution is -2.31. The fraction of sp³-hybridized carbons (Fsp3) is 0.826. The van der Waals surface area contributed by atoms with Gasteiger partial charge in [-0.15, -0.1) is 0 Å². The van der Waals surface area contributed by atoms with Crippen LogP contribution < -0.4 is 0 Å². The molecule has 0 aromatic rings. The van der Waals surface area contributed by atoms with Gasteiger partial charge in [-0.25, -0.2) is 0 Å². The van der Waals surface area contributed by atoms with Crippen LogP contribution in [0.3, 0.4) is 0 Å². The van der Waals surface area contributed by atoms with Gasteiger partial charge < -0.3 is 4.74 Å². The molecule has 24 heavy (non-hydrogen) atoms. The minimum Gasteiger partial charge on any atom is -0.368 e. The second kappa shape index (κ2) is 11.9. The Balaban J connectivity index is 2.07. The van der Waals surface area contributed by atoms with Crippen LogP contribution in [0.4, 0.5) is 0 Å². The third-order valence-electron chi connectivity index (χ3n) is 5.53. The van der Waals surface area contributed by atoms with Crippen molar-refractivity contribution in [2.45, 2.75) is 116 Å². The van der Waals surface area contributed by atoms with Crippen LogP contribution in [0.1, 0.15) is 105 Å². The SMILES string of the molecule is C=C1CCC[C@]1(C)OC(C)CC(C)CCC/C=C\CCCCCC. The van der Waals surface area contributed by atoms with E-state index >= 15 is 0 Å². The van der Waals surface area contributed by atoms with E-state index in [2.05, 4.69) is 46.4 Å². The van der Waals surface area contributed by atoms with Crippen molar-refractivity contribution < 1.29 is 4.74 Å². The van der Waals surface area contributed by atoms with Gasteiger partial charge in [0.1, 0.15) is 0 Å². The van der Waals surface area contributed by atoms with Crippen molar-refractivity contribution in [3.63, 3.8) is 0 Å². The van der Waals surface area contributed by atoms with Gasteiger partial charge in [-0.3, -0.25) is 0 Å². The molecule has 1 heteroatoms. The lowest BCUT2D eigenvalue weighted by molar-refractivity contribution is -0.0555. The molecule has 0 aromatic heterocycles. The Morgan fingerprint density at radius 3 is 2.46 bits per heavy atom. The van der Waals surface area contributed by atoms with Crippen LogP contribution in [0.5, 0.6) is 0 Å². The fourth-order valence-corrected chi connectivity index (χ4v) is 3.91. The summed E-state index contributed by atoms with van der Waals surface area (Å²) in [6.45, 7) is 13.3. The summed E-state index contributed by atoms with van der Waals surface area (Å²) in [4.78, 5) is 0. The molecule has 0 aliphatic heterocycles. The van der Waals surface area contributed by atoms with Crippen LogP contribution in [0.25, 0.3) is 0 Å². The molecule has 0 heterocycles. The number of allylic oxidation sites excluding steroid dienone is 2. The third kappa shape index (κ3) is 8.51. The quantitative estimate of drug-likeness (QED) is 0.249. The van der Waals surface area contributed by atoms with Crippen LogP contribution in [-0.4, -0.2) is 11.7 Å². The van der Waals surface area contributed by atoms with Crippen LogP contribution in [0.2, 0.25) is 0 Å². The fourth-order valence-electron chi connectivity index (χ4n) is 3.91. The summed E-state index contributed by atoms with van der Waals surface area (Å²) < 4.78 is 6.36. The van der Waals surface area contributed by atoms with E-state index in [1.165, 1.54) is 69.8 Å². The lowest BCUT2D eigenvalue weighted by Gasteiger charge is -2.31. The first-order chi connectivity index (χ1) is 11.5. The maximum atomic E-state index is 6.36. The van der Waals surface area contributed by atoms with E-state index in [1.807, 2.05) is 0 Å². The molecule has 0 aromatic carbocycles. The monoisotopic (exact) mass is 334 g/mol. The smallest absolute Gasteiger partial charge is 0.0864 e. The van der Waals surface area contributed by atoms with E-state index < -0.39 is 0 Å². The molecular weight excluding hydrogens is 292 g/mol. The van der Waals surface area contributed by atoms with E-state index in [0.29, 0.717) is 6.10 Å². The summed E-state index contributed by atoms with van der Waals surface area (Å²) in [6, 6.07) is 0. The third-order valence-corrected chi connectivity index (χ3v) is 5.53. The molecular formula is C23H42O. The maximum Gasteiger partial charge on any atom is 0.0864 e. The Kier molecular flexibility index (Phi) is 10.7. The molecule has 0 saturated heterocycles. The van der Waals surface area contributed by atoms with E-state index in [9.17, 15) is 0 Å². The zero-order valence-corrected chi connectivity index (χ0v) is 16.9. The molecule has 1 nitrogen and oxygen atoms in total. The highest BCUT2D eigenvalue weighted by atomic mass is 16.5. The average molecular weight is 335 g/mol. The Morgan fingerprint density at radius 1 is 1.12 bits per heavy atom. The Hall–Kier alpha value is -0.560. The molecule has 1 saturated carbocycles. The molecule has 3 atom stereocenters. The number of unbranched alkanes of at least 4 members (excludes halogenated alkanes) is 5. The van der Waals surface area contributed by atoms with E-state index in [4.69, 9.17) is 4.74 Å². The minimum absolute atomic E-state index is 0.0559. The van der Waals surface area contributed by atoms with Gasteiger partial charge >= 0.3 is 0 Å². The Labute approximate surface area is 151 Å². The van der Waals surface area contributed by atoms with Crippen LogP contribution in [0.15, 0.2) is 24.3 Å². The van der Waals surface area contributed by atoms with Crippen molar-refractivity contribution in [3.05, 3.63) is 24.3 Å². The van der Waals surface area contributed by atoms with E-state index in [1.54, 1.807) is 0 Å². The van der Waals surface area contributed by atoms with Crippen molar-refractivity contribution >= 4 is 0 Å². The molecule has 0 N–H and O–H groups in total. The molecule has 1 aliphatic carbocycles. The van der Waals surface area contributed by atoms with Crippen molar-refractivity contribution in [1.29, 1.82) is 0 Å². The van der Waals surface area contributed by atoms with Gasteiger partial charge in [0.2, 0.25) is 0 Å². The molecule has 2 unspecified atom stereocenters. The van der Waals surface area contributed by atoms with Gasteiger partial charge in [0.05, 0.1) is 11.7 Å². The van der Waals surface area contributed by atoms with Crippen LogP contribution in [-0.2, 0) is 4.74 Å². The summed E-state index contributed by atoms with van der Waals surface area (Å²) in [5.74, 6) is 0.747. The number of hydrogen-bond acceptors (Lipinski definition) is 1. The van der Waals surface area contributed by atoms with Gasteiger partial charge in [-0.2, -0.15) is 0 Å². The zero-order valence-electron chi connectivity index (χ0n) is 16.9. The van der Waals surface area contributed by atoms with Gasteiger partial charge in [-0.1, -0.05) is 58.3 Å². The molecule has 0 radical (unpaired) electrons. The topological polar surface area (TPSA) is 9.23 Å². The van der Waals surface area contributed by atoms with E-state index in [-0.39, 0.29) is 5.60 Å². The predicted molar refractivity (Wildman–Crippen MR) is 107 cm³/mol. The van der Waals surface area contributed by atoms with Gasteiger partial charge in [0.15, 0.2) is 0 Å². The standard InChI is InChI=1S/C23H42O/c1-6-7-8-9-10-11-12-13-14-16-20(2)19-22(4)24-23(5)18-15-17-21(23)3/h11-12,20,22H,3,6-10,13-19H2,1-2,4-5H3/b12-11-/t20?,22?,23-/m0/s1. The number of rotatable bonds is 13. The molecule has 0 amide bonds. The molecule has 1 aliphatic rings. The Morgan fingerprint density at radius 2 is 1.83 bits per heavy atom. The summed E-state index contributed by atoms with van der Waals surface area (Å²) in [5, 5.41) is 0. The average Bonchev–Trinajstić information content (AvgIpc) is 2.84. The first-order valence-corrected chi connectivity index (χ1v) is 10.5. The first-order valence-electron chi connectivity index (χ1n) is 10.5. The van der Waals surface area contributed by atoms with Crippen molar-refractivity contribution in [1.82, 2.24) is 0 Å². The minimum atomic E-state index is -0.0559. The molecule has 1 fully saturated rings. The van der Waals surface area contributed by atoms with E-state index in [0.717, 1.165) is 18.8 Å². The summed E-state index contributed by atoms with van der Waals surface area (Å²) >= 11 is 0. The van der Waals surface area contributed by atoms with Gasteiger partial charge in [-0.05, 0) is 76.7 Å². The molecule has 0 spiro atoms. The second-order valence-electron chi connectivity index (χ2n) is 8.21. The lowest BCUT2D eigenvalue weighted by atomic mass is 9.96.